The molecular formula is C21H23NO3. The molecule has 25 heavy (non-hydrogen) atoms. The van der Waals surface area contributed by atoms with Crippen molar-refractivity contribution in [2.45, 2.75) is 33.4 Å². The minimum absolute atomic E-state index is 0.0498. The number of ether oxygens (including phenoxy) is 1. The lowest BCUT2D eigenvalue weighted by atomic mass is 9.96. The van der Waals surface area contributed by atoms with E-state index in [1.165, 1.54) is 12.7 Å². The molecule has 130 valence electrons. The highest BCUT2D eigenvalue weighted by Crippen LogP contribution is 2.31. The molecule has 2 aromatic carbocycles. The van der Waals surface area contributed by atoms with Crippen LogP contribution in [0.15, 0.2) is 42.5 Å². The van der Waals surface area contributed by atoms with E-state index in [2.05, 4.69) is 12.1 Å². The molecule has 1 atom stereocenters. The molecule has 2 aromatic rings. The zero-order chi connectivity index (χ0) is 18.0. The monoisotopic (exact) mass is 337 g/mol. The molecule has 0 saturated heterocycles. The molecule has 0 saturated carbocycles. The first kappa shape index (κ1) is 17.2. The summed E-state index contributed by atoms with van der Waals surface area (Å²) < 4.78 is 4.89. The highest BCUT2D eigenvalue weighted by atomic mass is 16.5. The molecular weight excluding hydrogens is 314 g/mol. The van der Waals surface area contributed by atoms with Gasteiger partial charge >= 0.3 is 5.97 Å². The van der Waals surface area contributed by atoms with Gasteiger partial charge in [-0.1, -0.05) is 44.2 Å². The number of benzene rings is 2. The van der Waals surface area contributed by atoms with E-state index < -0.39 is 0 Å². The first-order valence-electron chi connectivity index (χ1n) is 8.63. The van der Waals surface area contributed by atoms with Gasteiger partial charge in [0.15, 0.2) is 0 Å². The Balaban J connectivity index is 1.91. The number of carbonyl (C=O) groups excluding carboxylic acids is 2. The van der Waals surface area contributed by atoms with E-state index in [0.717, 1.165) is 23.1 Å². The van der Waals surface area contributed by atoms with Gasteiger partial charge in [0.1, 0.15) is 0 Å². The van der Waals surface area contributed by atoms with Crippen molar-refractivity contribution >= 4 is 11.9 Å². The van der Waals surface area contributed by atoms with Gasteiger partial charge in [-0.15, -0.1) is 0 Å². The minimum Gasteiger partial charge on any atom is -0.465 e. The Bertz CT molecular complexity index is 813. The lowest BCUT2D eigenvalue weighted by molar-refractivity contribution is -0.135. The van der Waals surface area contributed by atoms with Gasteiger partial charge in [0, 0.05) is 19.0 Å². The summed E-state index contributed by atoms with van der Waals surface area (Å²) in [4.78, 5) is 26.4. The van der Waals surface area contributed by atoms with Gasteiger partial charge in [0.25, 0.3) is 0 Å². The first-order valence-corrected chi connectivity index (χ1v) is 8.63. The van der Waals surface area contributed by atoms with Crippen LogP contribution in [-0.2, 0) is 22.6 Å². The van der Waals surface area contributed by atoms with Gasteiger partial charge in [-0.2, -0.15) is 0 Å². The summed E-state index contributed by atoms with van der Waals surface area (Å²) in [5.74, 6) is -0.0892. The maximum atomic E-state index is 12.4. The van der Waals surface area contributed by atoms with Crippen LogP contribution in [0.1, 0.15) is 41.8 Å². The molecule has 0 N–H and O–H groups in total. The predicted molar refractivity (Wildman–Crippen MR) is 96.9 cm³/mol. The Morgan fingerprint density at radius 2 is 1.84 bits per heavy atom. The Hall–Kier alpha value is -2.62. The Kier molecular flexibility index (Phi) is 4.88. The van der Waals surface area contributed by atoms with Gasteiger partial charge in [0.2, 0.25) is 5.91 Å². The number of rotatable bonds is 4. The average molecular weight is 337 g/mol. The molecule has 0 radical (unpaired) electrons. The second kappa shape index (κ2) is 7.09. The molecule has 4 nitrogen and oxygen atoms in total. The van der Waals surface area contributed by atoms with Gasteiger partial charge < -0.3 is 9.64 Å². The molecule has 4 heteroatoms. The SMILES string of the molecule is CC[C@H](C)C(=O)N1Cc2ccc(-c3ccccc3C(=O)OC)cc2C1. The molecule has 0 aliphatic carbocycles. The molecule has 0 aromatic heterocycles. The van der Waals surface area contributed by atoms with E-state index in [4.69, 9.17) is 4.74 Å². The van der Waals surface area contributed by atoms with Crippen LogP contribution < -0.4 is 0 Å². The molecule has 1 aliphatic heterocycles. The largest absolute Gasteiger partial charge is 0.465 e. The fraction of sp³-hybridized carbons (Fsp3) is 0.333. The third-order valence-corrected chi connectivity index (χ3v) is 4.92. The van der Waals surface area contributed by atoms with Crippen LogP contribution in [0.5, 0.6) is 0 Å². The Morgan fingerprint density at radius 3 is 2.56 bits per heavy atom. The fourth-order valence-electron chi connectivity index (χ4n) is 3.23. The van der Waals surface area contributed by atoms with Crippen molar-refractivity contribution in [1.29, 1.82) is 0 Å². The van der Waals surface area contributed by atoms with E-state index >= 15 is 0 Å². The van der Waals surface area contributed by atoms with Crippen LogP contribution in [0.4, 0.5) is 0 Å². The standard InChI is InChI=1S/C21H23NO3/c1-4-14(2)20(23)22-12-16-10-9-15(11-17(16)13-22)18-7-5-6-8-19(18)21(24)25-3/h5-11,14H,4,12-13H2,1-3H3/t14-/m0/s1. The maximum absolute atomic E-state index is 12.4. The zero-order valence-electron chi connectivity index (χ0n) is 14.9. The first-order chi connectivity index (χ1) is 12.0. The lowest BCUT2D eigenvalue weighted by Crippen LogP contribution is -2.30. The molecule has 1 amide bonds. The summed E-state index contributed by atoms with van der Waals surface area (Å²) in [6, 6.07) is 13.6. The molecule has 1 heterocycles. The van der Waals surface area contributed by atoms with Crippen molar-refractivity contribution < 1.29 is 14.3 Å². The average Bonchev–Trinajstić information content (AvgIpc) is 3.09. The highest BCUT2D eigenvalue weighted by molar-refractivity contribution is 5.97. The quantitative estimate of drug-likeness (QED) is 0.792. The normalized spacial score (nSPS) is 14.1. The molecule has 0 spiro atoms. The predicted octanol–water partition coefficient (Wildman–Crippen LogP) is 4.03. The smallest absolute Gasteiger partial charge is 0.338 e. The van der Waals surface area contributed by atoms with Crippen molar-refractivity contribution in [1.82, 2.24) is 4.90 Å². The van der Waals surface area contributed by atoms with Gasteiger partial charge in [-0.3, -0.25) is 4.79 Å². The van der Waals surface area contributed by atoms with Crippen molar-refractivity contribution in [2.75, 3.05) is 7.11 Å². The van der Waals surface area contributed by atoms with Gasteiger partial charge in [-0.25, -0.2) is 4.79 Å². The van der Waals surface area contributed by atoms with Crippen molar-refractivity contribution in [3.05, 3.63) is 59.2 Å². The maximum Gasteiger partial charge on any atom is 0.338 e. The third-order valence-electron chi connectivity index (χ3n) is 4.92. The van der Waals surface area contributed by atoms with E-state index in [1.54, 1.807) is 6.07 Å². The number of hydrogen-bond donors (Lipinski definition) is 0. The van der Waals surface area contributed by atoms with Crippen LogP contribution in [0, 0.1) is 5.92 Å². The number of carbonyl (C=O) groups is 2. The summed E-state index contributed by atoms with van der Waals surface area (Å²) in [7, 11) is 1.39. The van der Waals surface area contributed by atoms with Crippen LogP contribution in [0.2, 0.25) is 0 Å². The number of fused-ring (bicyclic) bond motifs is 1. The number of methoxy groups -OCH3 is 1. The summed E-state index contributed by atoms with van der Waals surface area (Å²) >= 11 is 0. The Labute approximate surface area is 148 Å². The van der Waals surface area contributed by atoms with Crippen molar-refractivity contribution in [3.63, 3.8) is 0 Å². The summed E-state index contributed by atoms with van der Waals surface area (Å²) in [6.07, 6.45) is 0.851. The number of nitrogens with zero attached hydrogens (tertiary/aromatic N) is 1. The highest BCUT2D eigenvalue weighted by Gasteiger charge is 2.26. The van der Waals surface area contributed by atoms with Crippen LogP contribution >= 0.6 is 0 Å². The van der Waals surface area contributed by atoms with Gasteiger partial charge in [-0.05, 0) is 40.8 Å². The second-order valence-corrected chi connectivity index (χ2v) is 6.52. The molecule has 3 rings (SSSR count). The fourth-order valence-corrected chi connectivity index (χ4v) is 3.23. The summed E-state index contributed by atoms with van der Waals surface area (Å²) in [6.45, 7) is 5.31. The minimum atomic E-state index is -0.343. The van der Waals surface area contributed by atoms with E-state index in [0.29, 0.717) is 18.7 Å². The van der Waals surface area contributed by atoms with E-state index in [9.17, 15) is 9.59 Å². The van der Waals surface area contributed by atoms with Crippen molar-refractivity contribution in [2.24, 2.45) is 5.92 Å². The summed E-state index contributed by atoms with van der Waals surface area (Å²) in [5.41, 5.74) is 4.70. The van der Waals surface area contributed by atoms with Crippen LogP contribution in [-0.4, -0.2) is 23.9 Å². The van der Waals surface area contributed by atoms with Gasteiger partial charge in [0.05, 0.1) is 12.7 Å². The van der Waals surface area contributed by atoms with Crippen LogP contribution in [0.25, 0.3) is 11.1 Å². The zero-order valence-corrected chi connectivity index (χ0v) is 14.9. The second-order valence-electron chi connectivity index (χ2n) is 6.52. The molecule has 0 bridgehead atoms. The number of esters is 1. The molecule has 0 fully saturated rings. The van der Waals surface area contributed by atoms with E-state index in [1.807, 2.05) is 43.0 Å². The number of hydrogen-bond acceptors (Lipinski definition) is 3. The lowest BCUT2D eigenvalue weighted by Gasteiger charge is -2.19. The van der Waals surface area contributed by atoms with E-state index in [-0.39, 0.29) is 17.8 Å². The number of amides is 1. The molecule has 0 unspecified atom stereocenters. The summed E-state index contributed by atoms with van der Waals surface area (Å²) in [5, 5.41) is 0. The Morgan fingerprint density at radius 1 is 1.12 bits per heavy atom. The molecule has 1 aliphatic rings. The third kappa shape index (κ3) is 3.29. The van der Waals surface area contributed by atoms with Crippen LogP contribution in [0.3, 0.4) is 0 Å². The topological polar surface area (TPSA) is 46.6 Å². The van der Waals surface area contributed by atoms with Crippen molar-refractivity contribution in [3.8, 4) is 11.1 Å².